The predicted molar refractivity (Wildman–Crippen MR) is 79.2 cm³/mol. The molecule has 0 fully saturated rings. The molecule has 6 nitrogen and oxygen atoms in total. The van der Waals surface area contributed by atoms with Gasteiger partial charge in [0.25, 0.3) is 0 Å². The van der Waals surface area contributed by atoms with Crippen LogP contribution in [-0.2, 0) is 10.0 Å². The molecular formula is C13H23N3O3S. The van der Waals surface area contributed by atoms with E-state index in [0.29, 0.717) is 18.9 Å². The maximum absolute atomic E-state index is 12.3. The molecule has 0 saturated heterocycles. The molecule has 1 unspecified atom stereocenters. The lowest BCUT2D eigenvalue weighted by molar-refractivity contribution is 0.329. The van der Waals surface area contributed by atoms with Crippen molar-refractivity contribution in [2.45, 2.75) is 31.2 Å². The Hall–Kier alpha value is -1.18. The summed E-state index contributed by atoms with van der Waals surface area (Å²) < 4.78 is 27.2. The van der Waals surface area contributed by atoms with Crippen molar-refractivity contribution in [1.29, 1.82) is 0 Å². The zero-order valence-electron chi connectivity index (χ0n) is 12.4. The minimum absolute atomic E-state index is 0.227. The van der Waals surface area contributed by atoms with Gasteiger partial charge in [-0.15, -0.1) is 0 Å². The lowest BCUT2D eigenvalue weighted by Gasteiger charge is -2.23. The first-order valence-electron chi connectivity index (χ1n) is 6.56. The lowest BCUT2D eigenvalue weighted by atomic mass is 10.0. The van der Waals surface area contributed by atoms with Crippen molar-refractivity contribution in [3.05, 3.63) is 28.7 Å². The van der Waals surface area contributed by atoms with Gasteiger partial charge < -0.3 is 9.88 Å². The molecular weight excluding hydrogens is 278 g/mol. The highest BCUT2D eigenvalue weighted by Crippen LogP contribution is 2.09. The minimum Gasteiger partial charge on any atom is -0.366 e. The number of aromatic nitrogens is 1. The van der Waals surface area contributed by atoms with Crippen molar-refractivity contribution in [3.8, 4) is 0 Å². The monoisotopic (exact) mass is 301 g/mol. The Labute approximate surface area is 120 Å². The van der Waals surface area contributed by atoms with Gasteiger partial charge in [0, 0.05) is 31.0 Å². The third kappa shape index (κ3) is 5.07. The highest BCUT2D eigenvalue weighted by atomic mass is 32.2. The van der Waals surface area contributed by atoms with E-state index in [4.69, 9.17) is 0 Å². The summed E-state index contributed by atoms with van der Waals surface area (Å²) in [5, 5.41) is 0. The molecule has 0 saturated carbocycles. The van der Waals surface area contributed by atoms with Crippen molar-refractivity contribution in [1.82, 2.24) is 14.6 Å². The standard InChI is InChI=1S/C13H23N3O3S/c1-10(2)7-11(9-16(3)4)15-20(18,19)13-8-14-6-5-12(13)17/h5-6,8,10-11,15H,7,9H2,1-4H3,(H,14,17). The molecule has 0 aliphatic carbocycles. The molecule has 0 aliphatic heterocycles. The van der Waals surface area contributed by atoms with E-state index < -0.39 is 15.5 Å². The molecule has 0 aromatic carbocycles. The van der Waals surface area contributed by atoms with E-state index in [1.54, 1.807) is 0 Å². The van der Waals surface area contributed by atoms with Gasteiger partial charge >= 0.3 is 0 Å². The van der Waals surface area contributed by atoms with Crippen LogP contribution in [0.2, 0.25) is 0 Å². The van der Waals surface area contributed by atoms with Crippen LogP contribution in [0.5, 0.6) is 0 Å². The topological polar surface area (TPSA) is 82.3 Å². The third-order valence-corrected chi connectivity index (χ3v) is 4.28. The average molecular weight is 301 g/mol. The molecule has 2 N–H and O–H groups in total. The Morgan fingerprint density at radius 2 is 2.00 bits per heavy atom. The molecule has 1 aromatic heterocycles. The number of hydrogen-bond acceptors (Lipinski definition) is 4. The van der Waals surface area contributed by atoms with Crippen molar-refractivity contribution < 1.29 is 8.42 Å². The smallest absolute Gasteiger partial charge is 0.246 e. The van der Waals surface area contributed by atoms with Crippen LogP contribution in [0.4, 0.5) is 0 Å². The van der Waals surface area contributed by atoms with Gasteiger partial charge in [-0.1, -0.05) is 13.8 Å². The number of pyridine rings is 1. The maximum atomic E-state index is 12.3. The zero-order chi connectivity index (χ0) is 15.3. The van der Waals surface area contributed by atoms with Gasteiger partial charge in [0.2, 0.25) is 15.5 Å². The van der Waals surface area contributed by atoms with E-state index >= 15 is 0 Å². The first-order valence-corrected chi connectivity index (χ1v) is 8.05. The molecule has 20 heavy (non-hydrogen) atoms. The largest absolute Gasteiger partial charge is 0.366 e. The molecule has 1 heterocycles. The summed E-state index contributed by atoms with van der Waals surface area (Å²) >= 11 is 0. The quantitative estimate of drug-likeness (QED) is 0.774. The van der Waals surface area contributed by atoms with Gasteiger partial charge in [-0.25, -0.2) is 13.1 Å². The lowest BCUT2D eigenvalue weighted by Crippen LogP contribution is -2.43. The van der Waals surface area contributed by atoms with Crippen molar-refractivity contribution in [3.63, 3.8) is 0 Å². The van der Waals surface area contributed by atoms with E-state index in [9.17, 15) is 13.2 Å². The number of likely N-dealkylation sites (N-methyl/N-ethyl adjacent to an activating group) is 1. The summed E-state index contributed by atoms with van der Waals surface area (Å²) in [7, 11) is -0.0301. The van der Waals surface area contributed by atoms with E-state index in [2.05, 4.69) is 9.71 Å². The number of aromatic amines is 1. The normalized spacial score (nSPS) is 13.9. The Kier molecular flexibility index (Phi) is 5.91. The number of nitrogens with one attached hydrogen (secondary N) is 2. The number of rotatable bonds is 7. The summed E-state index contributed by atoms with van der Waals surface area (Å²) in [6.45, 7) is 4.65. The molecule has 1 aromatic rings. The van der Waals surface area contributed by atoms with Gasteiger partial charge in [-0.3, -0.25) is 4.79 Å². The highest BCUT2D eigenvalue weighted by molar-refractivity contribution is 7.89. The van der Waals surface area contributed by atoms with E-state index in [1.165, 1.54) is 18.5 Å². The molecule has 0 spiro atoms. The molecule has 0 radical (unpaired) electrons. The molecule has 1 rings (SSSR count). The first kappa shape index (κ1) is 16.9. The number of nitrogens with zero attached hydrogens (tertiary/aromatic N) is 1. The summed E-state index contributed by atoms with van der Waals surface area (Å²) in [6.07, 6.45) is 3.34. The van der Waals surface area contributed by atoms with Crippen molar-refractivity contribution in [2.24, 2.45) is 5.92 Å². The van der Waals surface area contributed by atoms with Crippen LogP contribution in [0.25, 0.3) is 0 Å². The third-order valence-electron chi connectivity index (χ3n) is 2.74. The predicted octanol–water partition coefficient (Wildman–Crippen LogP) is 0.629. The van der Waals surface area contributed by atoms with Crippen LogP contribution >= 0.6 is 0 Å². The average Bonchev–Trinajstić information content (AvgIpc) is 2.26. The highest BCUT2D eigenvalue weighted by Gasteiger charge is 2.23. The maximum Gasteiger partial charge on any atom is 0.246 e. The van der Waals surface area contributed by atoms with E-state index in [-0.39, 0.29) is 10.9 Å². The van der Waals surface area contributed by atoms with Crippen LogP contribution in [0.1, 0.15) is 20.3 Å². The number of H-pyrrole nitrogens is 1. The molecule has 1 atom stereocenters. The molecule has 114 valence electrons. The van der Waals surface area contributed by atoms with Crippen molar-refractivity contribution in [2.75, 3.05) is 20.6 Å². The summed E-state index contributed by atoms with van der Waals surface area (Å²) in [6, 6.07) is 0.979. The van der Waals surface area contributed by atoms with Crippen LogP contribution in [0.15, 0.2) is 28.2 Å². The molecule has 0 bridgehead atoms. The fourth-order valence-corrected chi connectivity index (χ4v) is 3.36. The SMILES string of the molecule is CC(C)CC(CN(C)C)NS(=O)(=O)c1c[nH]ccc1=O. The Morgan fingerprint density at radius 3 is 2.50 bits per heavy atom. The number of hydrogen-bond donors (Lipinski definition) is 2. The number of sulfonamides is 1. The van der Waals surface area contributed by atoms with Gasteiger partial charge in [-0.05, 0) is 26.4 Å². The van der Waals surface area contributed by atoms with Gasteiger partial charge in [0.05, 0.1) is 0 Å². The van der Waals surface area contributed by atoms with Gasteiger partial charge in [-0.2, -0.15) is 0 Å². The second-order valence-corrected chi connectivity index (χ2v) is 7.27. The zero-order valence-corrected chi connectivity index (χ0v) is 13.2. The van der Waals surface area contributed by atoms with E-state index in [0.717, 1.165) is 0 Å². The van der Waals surface area contributed by atoms with Crippen LogP contribution < -0.4 is 10.2 Å². The Morgan fingerprint density at radius 1 is 1.35 bits per heavy atom. The summed E-state index contributed by atoms with van der Waals surface area (Å²) in [5.74, 6) is 0.358. The van der Waals surface area contributed by atoms with Crippen LogP contribution in [0.3, 0.4) is 0 Å². The van der Waals surface area contributed by atoms with Crippen LogP contribution in [-0.4, -0.2) is 45.0 Å². The molecule has 0 aliphatic rings. The Bertz CT molecular complexity index is 569. The first-order chi connectivity index (χ1) is 9.22. The summed E-state index contributed by atoms with van der Waals surface area (Å²) in [4.78, 5) is 16.0. The minimum atomic E-state index is -3.80. The van der Waals surface area contributed by atoms with Gasteiger partial charge in [0.15, 0.2) is 0 Å². The second-order valence-electron chi connectivity index (χ2n) is 5.58. The fourth-order valence-electron chi connectivity index (χ4n) is 2.06. The van der Waals surface area contributed by atoms with Gasteiger partial charge in [0.1, 0.15) is 4.90 Å². The Balaban J connectivity index is 2.97. The van der Waals surface area contributed by atoms with Crippen molar-refractivity contribution >= 4 is 10.0 Å². The molecule has 0 amide bonds. The second kappa shape index (κ2) is 7.01. The molecule has 7 heteroatoms. The van der Waals surface area contributed by atoms with E-state index in [1.807, 2.05) is 32.8 Å². The fraction of sp³-hybridized carbons (Fsp3) is 0.615. The van der Waals surface area contributed by atoms with Crippen LogP contribution in [0, 0.1) is 5.92 Å². The summed E-state index contributed by atoms with van der Waals surface area (Å²) in [5.41, 5.74) is -0.510.